The van der Waals surface area contributed by atoms with Crippen molar-refractivity contribution in [2.24, 2.45) is 4.99 Å². The van der Waals surface area contributed by atoms with Crippen LogP contribution in [0.2, 0.25) is 5.02 Å². The van der Waals surface area contributed by atoms with Gasteiger partial charge in [0.1, 0.15) is 6.61 Å². The molecule has 12 heteroatoms. The van der Waals surface area contributed by atoms with Crippen molar-refractivity contribution in [3.63, 3.8) is 0 Å². The van der Waals surface area contributed by atoms with Gasteiger partial charge < -0.3 is 23.7 Å². The first kappa shape index (κ1) is 34.3. The van der Waals surface area contributed by atoms with Crippen LogP contribution in [0.3, 0.4) is 0 Å². The van der Waals surface area contributed by atoms with Gasteiger partial charge in [-0.3, -0.25) is 9.36 Å². The molecule has 0 amide bonds. The van der Waals surface area contributed by atoms with Crippen LogP contribution in [0.4, 0.5) is 0 Å². The van der Waals surface area contributed by atoms with Gasteiger partial charge in [0.2, 0.25) is 0 Å². The first-order chi connectivity index (χ1) is 22.7. The van der Waals surface area contributed by atoms with Gasteiger partial charge in [-0.05, 0) is 91.2 Å². The summed E-state index contributed by atoms with van der Waals surface area (Å²) >= 11 is 11.1. The molecule has 3 aromatic carbocycles. The maximum atomic E-state index is 14.2. The molecule has 1 atom stereocenters. The molecule has 47 heavy (non-hydrogen) atoms. The normalized spacial score (nSPS) is 14.4. The summed E-state index contributed by atoms with van der Waals surface area (Å²) in [6.45, 7) is 8.54. The van der Waals surface area contributed by atoms with Crippen molar-refractivity contribution in [1.29, 1.82) is 0 Å². The number of aromatic nitrogens is 1. The quantitative estimate of drug-likeness (QED) is 0.151. The molecular formula is C35H34BrClN2O7S. The van der Waals surface area contributed by atoms with Gasteiger partial charge in [0.05, 0.1) is 53.2 Å². The van der Waals surface area contributed by atoms with Crippen LogP contribution in [0.25, 0.3) is 6.08 Å². The Balaban J connectivity index is 1.60. The molecule has 1 aromatic heterocycles. The smallest absolute Gasteiger partial charge is 0.338 e. The van der Waals surface area contributed by atoms with Gasteiger partial charge in [-0.25, -0.2) is 9.79 Å². The van der Waals surface area contributed by atoms with E-state index < -0.39 is 12.0 Å². The van der Waals surface area contributed by atoms with Crippen molar-refractivity contribution in [1.82, 2.24) is 4.57 Å². The average molecular weight is 742 g/mol. The highest BCUT2D eigenvalue weighted by molar-refractivity contribution is 9.10. The molecule has 4 aromatic rings. The summed E-state index contributed by atoms with van der Waals surface area (Å²) in [5.74, 6) is 1.52. The van der Waals surface area contributed by atoms with Crippen molar-refractivity contribution in [3.8, 4) is 23.0 Å². The molecule has 1 aliphatic heterocycles. The van der Waals surface area contributed by atoms with Gasteiger partial charge in [-0.2, -0.15) is 0 Å². The molecule has 0 fully saturated rings. The fourth-order valence-corrected chi connectivity index (χ4v) is 7.04. The van der Waals surface area contributed by atoms with Crippen molar-refractivity contribution < 1.29 is 28.5 Å². The second-order valence-corrected chi connectivity index (χ2v) is 12.6. The highest BCUT2D eigenvalue weighted by Crippen LogP contribution is 2.39. The van der Waals surface area contributed by atoms with Crippen molar-refractivity contribution in [3.05, 3.63) is 112 Å². The van der Waals surface area contributed by atoms with Gasteiger partial charge in [-0.15, -0.1) is 0 Å². The number of esters is 1. The van der Waals surface area contributed by atoms with Crippen molar-refractivity contribution in [2.75, 3.05) is 26.9 Å². The number of methoxy groups -OCH3 is 1. The molecule has 0 bridgehead atoms. The van der Waals surface area contributed by atoms with E-state index in [1.807, 2.05) is 44.2 Å². The molecule has 0 radical (unpaired) electrons. The van der Waals surface area contributed by atoms with Gasteiger partial charge in [0.15, 0.2) is 27.8 Å². The minimum Gasteiger partial charge on any atom is -0.493 e. The number of carbonyl (C=O) groups is 1. The second kappa shape index (κ2) is 15.2. The van der Waals surface area contributed by atoms with Crippen LogP contribution >= 0.6 is 38.9 Å². The molecule has 1 aliphatic rings. The molecule has 0 saturated carbocycles. The zero-order valence-corrected chi connectivity index (χ0v) is 29.8. The van der Waals surface area contributed by atoms with Crippen LogP contribution in [-0.4, -0.2) is 37.5 Å². The zero-order valence-electron chi connectivity index (χ0n) is 26.6. The number of nitrogens with zero attached hydrogens (tertiary/aromatic N) is 2. The number of hydrogen-bond donors (Lipinski definition) is 0. The van der Waals surface area contributed by atoms with E-state index in [4.69, 9.17) is 35.3 Å². The Morgan fingerprint density at radius 2 is 1.74 bits per heavy atom. The molecule has 0 unspecified atom stereocenters. The Bertz CT molecular complexity index is 2020. The molecule has 5 rings (SSSR count). The number of allylic oxidation sites excluding steroid dienone is 1. The van der Waals surface area contributed by atoms with E-state index >= 15 is 0 Å². The lowest BCUT2D eigenvalue weighted by molar-refractivity contribution is -0.139. The zero-order chi connectivity index (χ0) is 33.7. The Hall–Kier alpha value is -4.06. The minimum atomic E-state index is -0.802. The van der Waals surface area contributed by atoms with Crippen LogP contribution in [-0.2, 0) is 16.1 Å². The number of thiazole rings is 1. The second-order valence-electron chi connectivity index (χ2n) is 10.3. The Morgan fingerprint density at radius 1 is 1.00 bits per heavy atom. The van der Waals surface area contributed by atoms with Crippen LogP contribution in [0.5, 0.6) is 23.0 Å². The van der Waals surface area contributed by atoms with E-state index in [1.54, 1.807) is 51.3 Å². The third-order valence-electron chi connectivity index (χ3n) is 7.28. The van der Waals surface area contributed by atoms with E-state index in [-0.39, 0.29) is 24.3 Å². The summed E-state index contributed by atoms with van der Waals surface area (Å²) < 4.78 is 31.4. The summed E-state index contributed by atoms with van der Waals surface area (Å²) in [6.07, 6.45) is 1.76. The minimum absolute atomic E-state index is 0.176. The van der Waals surface area contributed by atoms with E-state index in [0.717, 1.165) is 5.56 Å². The summed E-state index contributed by atoms with van der Waals surface area (Å²) in [5.41, 5.74) is 2.63. The third-order valence-corrected chi connectivity index (χ3v) is 9.22. The highest BCUT2D eigenvalue weighted by atomic mass is 79.9. The maximum Gasteiger partial charge on any atom is 0.338 e. The Morgan fingerprint density at radius 3 is 2.45 bits per heavy atom. The van der Waals surface area contributed by atoms with E-state index in [2.05, 4.69) is 20.9 Å². The molecule has 9 nitrogen and oxygen atoms in total. The number of carbonyl (C=O) groups excluding carboxylic acids is 1. The van der Waals surface area contributed by atoms with E-state index in [0.29, 0.717) is 71.9 Å². The van der Waals surface area contributed by atoms with Gasteiger partial charge in [0.25, 0.3) is 5.56 Å². The summed E-state index contributed by atoms with van der Waals surface area (Å²) in [7, 11) is 1.55. The number of ether oxygens (including phenoxy) is 5. The summed E-state index contributed by atoms with van der Waals surface area (Å²) in [6, 6.07) is 15.7. The van der Waals surface area contributed by atoms with Gasteiger partial charge in [0, 0.05) is 10.6 Å². The van der Waals surface area contributed by atoms with Gasteiger partial charge in [-0.1, -0.05) is 47.2 Å². The fourth-order valence-electron chi connectivity index (χ4n) is 5.22. The van der Waals surface area contributed by atoms with Crippen LogP contribution in [0, 0.1) is 0 Å². The first-order valence-corrected chi connectivity index (χ1v) is 17.0. The summed E-state index contributed by atoms with van der Waals surface area (Å²) in [4.78, 5) is 32.7. The molecule has 0 N–H and O–H groups in total. The third kappa shape index (κ3) is 7.27. The number of halogens is 2. The standard InChI is InChI=1S/C35H34BrClN2O7S/c1-6-43-26-14-13-22(18-27(26)44-7-2)31-30(34(41)45-8-3)20(4)38-35-39(31)33(40)29(47-35)17-21-15-24(36)32(28(16-21)42-5)46-19-23-11-9-10-12-25(23)37/h9-18,31H,6-8,19H2,1-5H3/b29-17-/t31-/m0/s1. The number of rotatable bonds is 12. The van der Waals surface area contributed by atoms with Crippen LogP contribution in [0.1, 0.15) is 50.4 Å². The number of fused-ring (bicyclic) bond motifs is 1. The number of benzene rings is 3. The van der Waals surface area contributed by atoms with Gasteiger partial charge >= 0.3 is 5.97 Å². The van der Waals surface area contributed by atoms with Crippen molar-refractivity contribution in [2.45, 2.75) is 40.3 Å². The highest BCUT2D eigenvalue weighted by Gasteiger charge is 2.34. The largest absolute Gasteiger partial charge is 0.493 e. The lowest BCUT2D eigenvalue weighted by Crippen LogP contribution is -2.40. The predicted octanol–water partition coefficient (Wildman–Crippen LogP) is 6.60. The maximum absolute atomic E-state index is 14.2. The topological polar surface area (TPSA) is 97.6 Å². The molecule has 0 spiro atoms. The lowest BCUT2D eigenvalue weighted by atomic mass is 9.95. The molecule has 0 aliphatic carbocycles. The van der Waals surface area contributed by atoms with E-state index in [9.17, 15) is 9.59 Å². The van der Waals surface area contributed by atoms with E-state index in [1.165, 1.54) is 15.9 Å². The fraction of sp³-hybridized carbons (Fsp3) is 0.286. The Labute approximate surface area is 289 Å². The monoisotopic (exact) mass is 740 g/mol. The molecule has 2 heterocycles. The molecular weight excluding hydrogens is 708 g/mol. The lowest BCUT2D eigenvalue weighted by Gasteiger charge is -2.25. The Kier molecular flexibility index (Phi) is 11.1. The molecule has 0 saturated heterocycles. The van der Waals surface area contributed by atoms with Crippen molar-refractivity contribution >= 4 is 50.9 Å². The average Bonchev–Trinajstić information content (AvgIpc) is 3.35. The molecule has 246 valence electrons. The first-order valence-electron chi connectivity index (χ1n) is 15.0. The summed E-state index contributed by atoms with van der Waals surface area (Å²) in [5, 5.41) is 0.605. The number of hydrogen-bond acceptors (Lipinski definition) is 9. The van der Waals surface area contributed by atoms with Crippen LogP contribution < -0.4 is 33.8 Å². The SMILES string of the molecule is CCOC(=O)C1=C(C)N=c2s/c(=C\c3cc(Br)c(OCc4ccccc4Cl)c(OC)c3)c(=O)n2[C@H]1c1ccc(OCC)c(OCC)c1. The van der Waals surface area contributed by atoms with Crippen LogP contribution in [0.15, 0.2) is 80.1 Å². The predicted molar refractivity (Wildman–Crippen MR) is 186 cm³/mol.